The van der Waals surface area contributed by atoms with Crippen molar-refractivity contribution in [3.05, 3.63) is 22.4 Å². The Labute approximate surface area is 88.3 Å². The van der Waals surface area contributed by atoms with E-state index >= 15 is 0 Å². The van der Waals surface area contributed by atoms with Crippen LogP contribution in [0.1, 0.15) is 18.2 Å². The summed E-state index contributed by atoms with van der Waals surface area (Å²) in [7, 11) is 0. The van der Waals surface area contributed by atoms with E-state index in [2.05, 4.69) is 11.4 Å². The van der Waals surface area contributed by atoms with E-state index in [0.717, 1.165) is 6.42 Å². The van der Waals surface area contributed by atoms with E-state index in [-0.39, 0.29) is 11.9 Å². The van der Waals surface area contributed by atoms with E-state index in [1.807, 2.05) is 18.4 Å². The molecule has 1 aromatic rings. The number of hydrogen-bond donors (Lipinski definition) is 2. The summed E-state index contributed by atoms with van der Waals surface area (Å²) >= 11 is 1.71. The van der Waals surface area contributed by atoms with Crippen molar-refractivity contribution in [2.24, 2.45) is 5.73 Å². The second kappa shape index (κ2) is 5.78. The van der Waals surface area contributed by atoms with Crippen LogP contribution >= 0.6 is 11.3 Å². The van der Waals surface area contributed by atoms with Crippen LogP contribution in [0.4, 0.5) is 0 Å². The normalized spacial score (nSPS) is 12.4. The molecule has 14 heavy (non-hydrogen) atoms. The van der Waals surface area contributed by atoms with Gasteiger partial charge in [0.15, 0.2) is 0 Å². The zero-order valence-corrected chi connectivity index (χ0v) is 9.14. The van der Waals surface area contributed by atoms with Crippen LogP contribution in [0.25, 0.3) is 0 Å². The van der Waals surface area contributed by atoms with Crippen molar-refractivity contribution in [2.45, 2.75) is 25.8 Å². The van der Waals surface area contributed by atoms with Gasteiger partial charge in [-0.05, 0) is 24.3 Å². The van der Waals surface area contributed by atoms with Gasteiger partial charge in [0, 0.05) is 11.4 Å². The summed E-state index contributed by atoms with van der Waals surface area (Å²) in [4.78, 5) is 12.6. The predicted octanol–water partition coefficient (Wildman–Crippen LogP) is 1.14. The van der Waals surface area contributed by atoms with Gasteiger partial charge in [0.1, 0.15) is 0 Å². The SMILES string of the molecule is CCC(N)C(=O)NCCc1cccs1. The van der Waals surface area contributed by atoms with Crippen LogP contribution in [0.3, 0.4) is 0 Å². The van der Waals surface area contributed by atoms with Crippen molar-refractivity contribution in [3.63, 3.8) is 0 Å². The van der Waals surface area contributed by atoms with Crippen LogP contribution < -0.4 is 11.1 Å². The van der Waals surface area contributed by atoms with E-state index in [1.54, 1.807) is 11.3 Å². The van der Waals surface area contributed by atoms with E-state index in [4.69, 9.17) is 5.73 Å². The first-order chi connectivity index (χ1) is 6.74. The van der Waals surface area contributed by atoms with Gasteiger partial charge in [0.05, 0.1) is 6.04 Å². The van der Waals surface area contributed by atoms with Gasteiger partial charge in [-0.2, -0.15) is 0 Å². The third kappa shape index (κ3) is 3.47. The number of hydrogen-bond acceptors (Lipinski definition) is 3. The maximum Gasteiger partial charge on any atom is 0.236 e. The van der Waals surface area contributed by atoms with Gasteiger partial charge in [-0.1, -0.05) is 13.0 Å². The van der Waals surface area contributed by atoms with Crippen molar-refractivity contribution < 1.29 is 4.79 Å². The average Bonchev–Trinajstić information content (AvgIpc) is 2.69. The fourth-order valence-electron chi connectivity index (χ4n) is 1.08. The molecule has 0 aliphatic heterocycles. The minimum atomic E-state index is -0.363. The van der Waals surface area contributed by atoms with Crippen LogP contribution in [0.15, 0.2) is 17.5 Å². The molecule has 0 aromatic carbocycles. The Morgan fingerprint density at radius 1 is 1.71 bits per heavy atom. The summed E-state index contributed by atoms with van der Waals surface area (Å²) in [6.45, 7) is 2.58. The van der Waals surface area contributed by atoms with Crippen molar-refractivity contribution in [2.75, 3.05) is 6.54 Å². The highest BCUT2D eigenvalue weighted by molar-refractivity contribution is 7.09. The summed E-state index contributed by atoms with van der Waals surface area (Å²) in [5.41, 5.74) is 5.57. The lowest BCUT2D eigenvalue weighted by molar-refractivity contribution is -0.122. The first-order valence-corrected chi connectivity index (χ1v) is 5.67. The number of nitrogens with two attached hydrogens (primary N) is 1. The van der Waals surface area contributed by atoms with Gasteiger partial charge in [-0.25, -0.2) is 0 Å². The quantitative estimate of drug-likeness (QED) is 0.769. The Bertz CT molecular complexity index is 272. The van der Waals surface area contributed by atoms with Crippen molar-refractivity contribution in [3.8, 4) is 0 Å². The van der Waals surface area contributed by atoms with E-state index < -0.39 is 0 Å². The minimum absolute atomic E-state index is 0.0518. The maximum atomic E-state index is 11.3. The highest BCUT2D eigenvalue weighted by Gasteiger charge is 2.09. The lowest BCUT2D eigenvalue weighted by Gasteiger charge is -2.08. The fourth-order valence-corrected chi connectivity index (χ4v) is 1.79. The molecule has 0 fully saturated rings. The molecule has 4 heteroatoms. The van der Waals surface area contributed by atoms with Crippen LogP contribution in [0, 0.1) is 0 Å². The lowest BCUT2D eigenvalue weighted by Crippen LogP contribution is -2.40. The summed E-state index contributed by atoms with van der Waals surface area (Å²) in [5, 5.41) is 4.85. The predicted molar refractivity (Wildman–Crippen MR) is 59.3 cm³/mol. The first-order valence-electron chi connectivity index (χ1n) is 4.79. The summed E-state index contributed by atoms with van der Waals surface area (Å²) < 4.78 is 0. The molecule has 1 heterocycles. The molecule has 0 aliphatic rings. The Morgan fingerprint density at radius 2 is 2.50 bits per heavy atom. The Morgan fingerprint density at radius 3 is 3.07 bits per heavy atom. The molecular formula is C10H16N2OS. The van der Waals surface area contributed by atoms with Crippen LogP contribution in [-0.2, 0) is 11.2 Å². The van der Waals surface area contributed by atoms with Gasteiger partial charge in [-0.15, -0.1) is 11.3 Å². The molecule has 3 nitrogen and oxygen atoms in total. The second-order valence-corrected chi connectivity index (χ2v) is 4.17. The molecule has 0 aliphatic carbocycles. The van der Waals surface area contributed by atoms with E-state index in [9.17, 15) is 4.79 Å². The summed E-state index contributed by atoms with van der Waals surface area (Å²) in [5.74, 6) is -0.0518. The Hall–Kier alpha value is -0.870. The van der Waals surface area contributed by atoms with Crippen LogP contribution in [0.2, 0.25) is 0 Å². The summed E-state index contributed by atoms with van der Waals surface area (Å²) in [6.07, 6.45) is 1.57. The monoisotopic (exact) mass is 212 g/mol. The molecule has 0 spiro atoms. The molecule has 78 valence electrons. The first kappa shape index (κ1) is 11.2. The van der Waals surface area contributed by atoms with Gasteiger partial charge >= 0.3 is 0 Å². The topological polar surface area (TPSA) is 55.1 Å². The molecule has 1 rings (SSSR count). The number of carbonyl (C=O) groups is 1. The molecular weight excluding hydrogens is 196 g/mol. The molecule has 3 N–H and O–H groups in total. The van der Waals surface area contributed by atoms with Crippen molar-refractivity contribution in [1.29, 1.82) is 0 Å². The molecule has 0 saturated carbocycles. The Balaban J connectivity index is 2.18. The highest BCUT2D eigenvalue weighted by Crippen LogP contribution is 2.07. The molecule has 0 radical (unpaired) electrons. The lowest BCUT2D eigenvalue weighted by atomic mass is 10.2. The molecule has 1 atom stereocenters. The minimum Gasteiger partial charge on any atom is -0.354 e. The number of rotatable bonds is 5. The van der Waals surface area contributed by atoms with E-state index in [0.29, 0.717) is 13.0 Å². The maximum absolute atomic E-state index is 11.3. The van der Waals surface area contributed by atoms with E-state index in [1.165, 1.54) is 4.88 Å². The summed E-state index contributed by atoms with van der Waals surface area (Å²) in [6, 6.07) is 3.72. The molecule has 1 aromatic heterocycles. The van der Waals surface area contributed by atoms with Crippen molar-refractivity contribution >= 4 is 17.2 Å². The number of thiophene rings is 1. The van der Waals surface area contributed by atoms with Gasteiger partial charge in [0.2, 0.25) is 5.91 Å². The third-order valence-electron chi connectivity index (χ3n) is 2.03. The van der Waals surface area contributed by atoms with Crippen LogP contribution in [-0.4, -0.2) is 18.5 Å². The molecule has 1 unspecified atom stereocenters. The van der Waals surface area contributed by atoms with Gasteiger partial charge in [0.25, 0.3) is 0 Å². The Kier molecular flexibility index (Phi) is 4.62. The average molecular weight is 212 g/mol. The molecule has 0 bridgehead atoms. The standard InChI is InChI=1S/C10H16N2OS/c1-2-9(11)10(13)12-6-5-8-4-3-7-14-8/h3-4,7,9H,2,5-6,11H2,1H3,(H,12,13). The zero-order valence-electron chi connectivity index (χ0n) is 8.32. The number of amides is 1. The molecule has 0 saturated heterocycles. The number of carbonyl (C=O) groups excluding carboxylic acids is 1. The smallest absolute Gasteiger partial charge is 0.236 e. The van der Waals surface area contributed by atoms with Gasteiger partial charge < -0.3 is 11.1 Å². The highest BCUT2D eigenvalue weighted by atomic mass is 32.1. The largest absolute Gasteiger partial charge is 0.354 e. The fraction of sp³-hybridized carbons (Fsp3) is 0.500. The van der Waals surface area contributed by atoms with Crippen molar-refractivity contribution in [1.82, 2.24) is 5.32 Å². The van der Waals surface area contributed by atoms with Crippen LogP contribution in [0.5, 0.6) is 0 Å². The second-order valence-electron chi connectivity index (χ2n) is 3.14. The molecule has 1 amide bonds. The van der Waals surface area contributed by atoms with Gasteiger partial charge in [-0.3, -0.25) is 4.79 Å². The third-order valence-corrected chi connectivity index (χ3v) is 2.96. The zero-order chi connectivity index (χ0) is 10.4. The number of nitrogens with one attached hydrogen (secondary N) is 1.